The van der Waals surface area contributed by atoms with Gasteiger partial charge in [-0.15, -0.1) is 0 Å². The molecule has 2 heterocycles. The third kappa shape index (κ3) is 3.81. The lowest BCUT2D eigenvalue weighted by Crippen LogP contribution is -2.33. The van der Waals surface area contributed by atoms with Crippen LogP contribution in [0.1, 0.15) is 39.2 Å². The van der Waals surface area contributed by atoms with Crippen LogP contribution in [0.2, 0.25) is 0 Å². The summed E-state index contributed by atoms with van der Waals surface area (Å²) in [5, 5.41) is 5.98. The number of carbonyl (C=O) groups excluding carboxylic acids is 1. The van der Waals surface area contributed by atoms with E-state index in [0.717, 1.165) is 5.56 Å². The number of aromatic nitrogens is 3. The smallest absolute Gasteiger partial charge is 0.222 e. The zero-order chi connectivity index (χ0) is 16.3. The largest absolute Gasteiger partial charge is 0.368 e. The van der Waals surface area contributed by atoms with E-state index < -0.39 is 0 Å². The van der Waals surface area contributed by atoms with Crippen molar-refractivity contribution in [1.82, 2.24) is 20.3 Å². The molecule has 4 N–H and O–H groups in total. The highest BCUT2D eigenvalue weighted by atomic mass is 16.1. The van der Waals surface area contributed by atoms with Gasteiger partial charge in [0.15, 0.2) is 5.82 Å². The van der Waals surface area contributed by atoms with E-state index in [4.69, 9.17) is 5.73 Å². The maximum Gasteiger partial charge on any atom is 0.222 e. The highest BCUT2D eigenvalue weighted by Gasteiger charge is 2.12. The lowest BCUT2D eigenvalue weighted by Gasteiger charge is -2.16. The molecule has 7 nitrogen and oxygen atoms in total. The number of amides is 1. The molecule has 0 fully saturated rings. The van der Waals surface area contributed by atoms with Gasteiger partial charge in [0.1, 0.15) is 5.52 Å². The van der Waals surface area contributed by atoms with Gasteiger partial charge in [0.2, 0.25) is 11.9 Å². The van der Waals surface area contributed by atoms with Gasteiger partial charge in [-0.2, -0.15) is 4.98 Å². The van der Waals surface area contributed by atoms with Crippen molar-refractivity contribution in [3.8, 4) is 0 Å². The zero-order valence-corrected chi connectivity index (χ0v) is 13.3. The number of nitrogens with one attached hydrogen (secondary N) is 2. The minimum Gasteiger partial charge on any atom is -0.368 e. The Morgan fingerprint density at radius 2 is 2.05 bits per heavy atom. The molecule has 1 amide bonds. The molecule has 0 aliphatic heterocycles. The number of fused-ring (bicyclic) bond motifs is 1. The fourth-order valence-corrected chi connectivity index (χ4v) is 2.05. The first-order valence-corrected chi connectivity index (χ1v) is 7.31. The quantitative estimate of drug-likeness (QED) is 0.775. The second-order valence-electron chi connectivity index (χ2n) is 5.70. The summed E-state index contributed by atoms with van der Waals surface area (Å²) >= 11 is 0. The van der Waals surface area contributed by atoms with Gasteiger partial charge < -0.3 is 16.4 Å². The number of rotatable bonds is 5. The Kier molecular flexibility index (Phi) is 4.75. The summed E-state index contributed by atoms with van der Waals surface area (Å²) < 4.78 is 0. The van der Waals surface area contributed by atoms with Crippen LogP contribution >= 0.6 is 0 Å². The first-order chi connectivity index (χ1) is 10.4. The van der Waals surface area contributed by atoms with Crippen molar-refractivity contribution >= 4 is 28.7 Å². The van der Waals surface area contributed by atoms with Gasteiger partial charge >= 0.3 is 0 Å². The van der Waals surface area contributed by atoms with E-state index in [1.807, 2.05) is 19.2 Å². The van der Waals surface area contributed by atoms with Gasteiger partial charge in [-0.1, -0.05) is 13.8 Å². The van der Waals surface area contributed by atoms with Gasteiger partial charge in [0.25, 0.3) is 0 Å². The molecule has 1 atom stereocenters. The molecule has 0 unspecified atom stereocenters. The van der Waals surface area contributed by atoms with Crippen LogP contribution in [-0.4, -0.2) is 33.4 Å². The molecule has 0 saturated carbocycles. The molecule has 0 spiro atoms. The molecule has 118 valence electrons. The Morgan fingerprint density at radius 1 is 1.32 bits per heavy atom. The van der Waals surface area contributed by atoms with Crippen LogP contribution in [0.4, 0.5) is 11.8 Å². The number of hydrogen-bond donors (Lipinski definition) is 3. The molecule has 0 aliphatic carbocycles. The minimum absolute atomic E-state index is 0.00650. The normalized spacial score (nSPS) is 12.4. The highest BCUT2D eigenvalue weighted by molar-refractivity contribution is 5.86. The fourth-order valence-electron chi connectivity index (χ4n) is 2.05. The van der Waals surface area contributed by atoms with Gasteiger partial charge in [-0.25, -0.2) is 4.98 Å². The molecule has 0 radical (unpaired) electrons. The predicted molar refractivity (Wildman–Crippen MR) is 87.6 cm³/mol. The first-order valence-electron chi connectivity index (χ1n) is 7.31. The van der Waals surface area contributed by atoms with E-state index >= 15 is 0 Å². The van der Waals surface area contributed by atoms with E-state index in [9.17, 15) is 4.79 Å². The lowest BCUT2D eigenvalue weighted by atomic mass is 10.1. The molecule has 2 rings (SSSR count). The van der Waals surface area contributed by atoms with Crippen LogP contribution < -0.4 is 16.4 Å². The molecule has 7 heteroatoms. The monoisotopic (exact) mass is 302 g/mol. The third-order valence-corrected chi connectivity index (χ3v) is 3.28. The second-order valence-corrected chi connectivity index (χ2v) is 5.70. The van der Waals surface area contributed by atoms with E-state index in [1.165, 1.54) is 6.92 Å². The highest BCUT2D eigenvalue weighted by Crippen LogP contribution is 2.23. The fraction of sp³-hybridized carbons (Fsp3) is 0.467. The van der Waals surface area contributed by atoms with Gasteiger partial charge in [-0.05, 0) is 24.5 Å². The van der Waals surface area contributed by atoms with E-state index in [-0.39, 0.29) is 17.9 Å². The summed E-state index contributed by atoms with van der Waals surface area (Å²) in [5.41, 5.74) is 8.28. The summed E-state index contributed by atoms with van der Waals surface area (Å²) in [4.78, 5) is 23.9. The molecule has 0 aliphatic rings. The number of hydrogen-bond acceptors (Lipinski definition) is 6. The number of nitrogens with two attached hydrogens (primary N) is 1. The van der Waals surface area contributed by atoms with Crippen LogP contribution in [0.15, 0.2) is 12.3 Å². The van der Waals surface area contributed by atoms with Crippen LogP contribution in [0.25, 0.3) is 11.0 Å². The molecular formula is C15H22N6O. The van der Waals surface area contributed by atoms with Gasteiger partial charge in [0.05, 0.1) is 5.52 Å². The van der Waals surface area contributed by atoms with E-state index in [1.54, 1.807) is 0 Å². The van der Waals surface area contributed by atoms with Crippen molar-refractivity contribution in [2.24, 2.45) is 0 Å². The molecule has 0 saturated heterocycles. The van der Waals surface area contributed by atoms with Crippen LogP contribution in [0, 0.1) is 0 Å². The van der Waals surface area contributed by atoms with Crippen molar-refractivity contribution in [1.29, 1.82) is 0 Å². The molecule has 0 aromatic carbocycles. The van der Waals surface area contributed by atoms with E-state index in [0.29, 0.717) is 29.3 Å². The Hall–Kier alpha value is -2.44. The maximum absolute atomic E-state index is 11.0. The molecule has 2 aromatic heterocycles. The van der Waals surface area contributed by atoms with Gasteiger partial charge in [-0.3, -0.25) is 9.78 Å². The summed E-state index contributed by atoms with van der Waals surface area (Å²) in [6.07, 6.45) is 1.83. The molecular weight excluding hydrogens is 280 g/mol. The Balaban J connectivity index is 2.31. The van der Waals surface area contributed by atoms with Crippen LogP contribution in [0.3, 0.4) is 0 Å². The summed E-state index contributed by atoms with van der Waals surface area (Å²) in [5.74, 6) is 1.07. The Labute approximate surface area is 129 Å². The number of nitrogens with zero attached hydrogens (tertiary/aromatic N) is 3. The lowest BCUT2D eigenvalue weighted by molar-refractivity contribution is -0.118. The third-order valence-electron chi connectivity index (χ3n) is 3.28. The standard InChI is InChI=1S/C15H22N6O/c1-8(2)11-5-12-13(18-7-11)14(21-15(16)20-12)19-9(3)6-17-10(4)22/h5,7-9H,6H2,1-4H3,(H,17,22)(H3,16,19,20,21)/t9-/m0/s1. The van der Waals surface area contributed by atoms with Crippen molar-refractivity contribution in [3.05, 3.63) is 17.8 Å². The predicted octanol–water partition coefficient (Wildman–Crippen LogP) is 1.67. The zero-order valence-electron chi connectivity index (χ0n) is 13.3. The van der Waals surface area contributed by atoms with E-state index in [2.05, 4.69) is 39.4 Å². The summed E-state index contributed by atoms with van der Waals surface area (Å²) in [6.45, 7) is 8.12. The average Bonchev–Trinajstić information content (AvgIpc) is 2.44. The maximum atomic E-state index is 11.0. The van der Waals surface area contributed by atoms with Crippen molar-refractivity contribution in [2.75, 3.05) is 17.6 Å². The molecule has 2 aromatic rings. The van der Waals surface area contributed by atoms with Crippen LogP contribution in [0.5, 0.6) is 0 Å². The summed E-state index contributed by atoms with van der Waals surface area (Å²) in [6, 6.07) is 1.97. The van der Waals surface area contributed by atoms with Crippen molar-refractivity contribution < 1.29 is 4.79 Å². The van der Waals surface area contributed by atoms with Crippen LogP contribution in [-0.2, 0) is 4.79 Å². The summed E-state index contributed by atoms with van der Waals surface area (Å²) in [7, 11) is 0. The van der Waals surface area contributed by atoms with Gasteiger partial charge in [0, 0.05) is 25.7 Å². The minimum atomic E-state index is -0.0691. The second kappa shape index (κ2) is 6.55. The Bertz CT molecular complexity index is 685. The number of carbonyl (C=O) groups is 1. The SMILES string of the molecule is CC(=O)NC[C@H](C)Nc1nc(N)nc2cc(C(C)C)cnc12. The topological polar surface area (TPSA) is 106 Å². The first kappa shape index (κ1) is 15.9. The number of anilines is 2. The number of nitrogen functional groups attached to an aromatic ring is 1. The van der Waals surface area contributed by atoms with Crippen molar-refractivity contribution in [2.45, 2.75) is 39.7 Å². The van der Waals surface area contributed by atoms with Crippen molar-refractivity contribution in [3.63, 3.8) is 0 Å². The number of pyridine rings is 1. The average molecular weight is 302 g/mol. The molecule has 0 bridgehead atoms. The molecule has 22 heavy (non-hydrogen) atoms. The Morgan fingerprint density at radius 3 is 2.68 bits per heavy atom.